The summed E-state index contributed by atoms with van der Waals surface area (Å²) in [5, 5.41) is 9.00. The molecule has 220 valence electrons. The highest BCUT2D eigenvalue weighted by atomic mass is 16.3. The van der Waals surface area contributed by atoms with Crippen LogP contribution in [-0.2, 0) is 0 Å². The van der Waals surface area contributed by atoms with E-state index in [1.807, 2.05) is 6.07 Å². The van der Waals surface area contributed by atoms with E-state index in [2.05, 4.69) is 163 Å². The molecule has 10 aromatic rings. The molecule has 0 amide bonds. The summed E-state index contributed by atoms with van der Waals surface area (Å²) in [6, 6.07) is 57.8. The van der Waals surface area contributed by atoms with E-state index in [-0.39, 0.29) is 0 Å². The monoisotopic (exact) mass is 601 g/mol. The summed E-state index contributed by atoms with van der Waals surface area (Å²) < 4.78 is 13.5. The van der Waals surface area contributed by atoms with Gasteiger partial charge in [0.1, 0.15) is 16.7 Å². The molecule has 0 radical (unpaired) electrons. The molecule has 0 atom stereocenters. The molecule has 0 fully saturated rings. The minimum atomic E-state index is 0.808. The van der Waals surface area contributed by atoms with Crippen LogP contribution in [0.25, 0.3) is 76.5 Å². The van der Waals surface area contributed by atoms with E-state index in [4.69, 9.17) is 8.83 Å². The van der Waals surface area contributed by atoms with Gasteiger partial charge in [0.15, 0.2) is 5.58 Å². The van der Waals surface area contributed by atoms with Crippen LogP contribution in [0.4, 0.5) is 17.1 Å². The standard InChI is InChI=1S/C44H27NO2/c1-2-12-33(13-3-1)45(34-22-19-29(20-23-34)32-18-17-28-9-4-5-11-31(28)27-32)39-16-8-15-38-41-40(46-43(38)39)26-25-37-36-24-21-30-10-6-7-14-35(30)42(36)47-44(37)41/h1-27H. The molecule has 2 aromatic heterocycles. The Balaban J connectivity index is 1.16. The predicted octanol–water partition coefficient (Wildman–Crippen LogP) is 12.9. The van der Waals surface area contributed by atoms with Crippen LogP contribution in [0.5, 0.6) is 0 Å². The Morgan fingerprint density at radius 2 is 1.02 bits per heavy atom. The predicted molar refractivity (Wildman–Crippen MR) is 196 cm³/mol. The van der Waals surface area contributed by atoms with Gasteiger partial charge in [0.05, 0.1) is 11.1 Å². The van der Waals surface area contributed by atoms with Gasteiger partial charge < -0.3 is 13.7 Å². The Morgan fingerprint density at radius 3 is 1.89 bits per heavy atom. The molecule has 0 spiro atoms. The Kier molecular flexibility index (Phi) is 5.57. The molecule has 10 rings (SSSR count). The zero-order chi connectivity index (χ0) is 30.9. The van der Waals surface area contributed by atoms with Crippen molar-refractivity contribution in [2.75, 3.05) is 4.90 Å². The van der Waals surface area contributed by atoms with Crippen molar-refractivity contribution >= 4 is 82.5 Å². The normalized spacial score (nSPS) is 11.8. The zero-order valence-corrected chi connectivity index (χ0v) is 25.4. The molecule has 0 aliphatic rings. The number of hydrogen-bond acceptors (Lipinski definition) is 3. The lowest BCUT2D eigenvalue weighted by Crippen LogP contribution is -2.10. The highest BCUT2D eigenvalue weighted by Crippen LogP contribution is 2.46. The lowest BCUT2D eigenvalue weighted by molar-refractivity contribution is 0.664. The number of benzene rings is 8. The van der Waals surface area contributed by atoms with Crippen molar-refractivity contribution in [1.29, 1.82) is 0 Å². The van der Waals surface area contributed by atoms with Crippen LogP contribution in [0.3, 0.4) is 0 Å². The minimum Gasteiger partial charge on any atom is -0.455 e. The molecule has 3 heteroatoms. The summed E-state index contributed by atoms with van der Waals surface area (Å²) in [7, 11) is 0. The molecule has 8 aromatic carbocycles. The molecule has 3 nitrogen and oxygen atoms in total. The second-order valence-electron chi connectivity index (χ2n) is 12.1. The smallest absolute Gasteiger partial charge is 0.159 e. The summed E-state index contributed by atoms with van der Waals surface area (Å²) in [6.07, 6.45) is 0. The lowest BCUT2D eigenvalue weighted by atomic mass is 10.0. The third-order valence-electron chi connectivity index (χ3n) is 9.43. The molecule has 0 unspecified atom stereocenters. The zero-order valence-electron chi connectivity index (χ0n) is 25.4. The Bertz CT molecular complexity index is 2790. The highest BCUT2D eigenvalue weighted by Gasteiger charge is 2.22. The first-order chi connectivity index (χ1) is 23.3. The first-order valence-corrected chi connectivity index (χ1v) is 15.9. The fourth-order valence-corrected chi connectivity index (χ4v) is 7.18. The van der Waals surface area contributed by atoms with Crippen molar-refractivity contribution in [3.05, 3.63) is 164 Å². The van der Waals surface area contributed by atoms with Crippen LogP contribution in [0.15, 0.2) is 173 Å². The SMILES string of the molecule is c1ccc(N(c2ccc(-c3ccc4ccccc4c3)cc2)c2cccc3c2oc2ccc4c5ccc6ccccc6c5oc4c23)cc1. The third-order valence-corrected chi connectivity index (χ3v) is 9.43. The van der Waals surface area contributed by atoms with Crippen LogP contribution in [-0.4, -0.2) is 0 Å². The lowest BCUT2D eigenvalue weighted by Gasteiger charge is -2.25. The molecule has 0 aliphatic heterocycles. The van der Waals surface area contributed by atoms with Gasteiger partial charge >= 0.3 is 0 Å². The van der Waals surface area contributed by atoms with Gasteiger partial charge in [0, 0.05) is 32.9 Å². The second kappa shape index (κ2) is 10.1. The number of para-hydroxylation sites is 2. The summed E-state index contributed by atoms with van der Waals surface area (Å²) in [4.78, 5) is 2.28. The van der Waals surface area contributed by atoms with Gasteiger partial charge in [0.25, 0.3) is 0 Å². The minimum absolute atomic E-state index is 0.808. The highest BCUT2D eigenvalue weighted by molar-refractivity contribution is 6.25. The van der Waals surface area contributed by atoms with E-state index in [0.717, 1.165) is 66.3 Å². The number of hydrogen-bond donors (Lipinski definition) is 0. The van der Waals surface area contributed by atoms with Crippen molar-refractivity contribution < 1.29 is 8.83 Å². The van der Waals surface area contributed by atoms with E-state index < -0.39 is 0 Å². The van der Waals surface area contributed by atoms with Crippen molar-refractivity contribution in [3.63, 3.8) is 0 Å². The topological polar surface area (TPSA) is 29.5 Å². The van der Waals surface area contributed by atoms with E-state index in [0.29, 0.717) is 0 Å². The molecule has 0 saturated carbocycles. The molecule has 0 saturated heterocycles. The fraction of sp³-hybridized carbons (Fsp3) is 0. The first kappa shape index (κ1) is 26.0. The number of nitrogens with zero attached hydrogens (tertiary/aromatic N) is 1. The van der Waals surface area contributed by atoms with Gasteiger partial charge in [0.2, 0.25) is 0 Å². The maximum Gasteiger partial charge on any atom is 0.159 e. The van der Waals surface area contributed by atoms with Gasteiger partial charge in [-0.05, 0) is 81.9 Å². The summed E-state index contributed by atoms with van der Waals surface area (Å²) in [6.45, 7) is 0. The second-order valence-corrected chi connectivity index (χ2v) is 12.1. The van der Waals surface area contributed by atoms with Crippen LogP contribution in [0.2, 0.25) is 0 Å². The van der Waals surface area contributed by atoms with Gasteiger partial charge in [-0.15, -0.1) is 0 Å². The van der Waals surface area contributed by atoms with E-state index in [1.54, 1.807) is 0 Å². The Hall–Kier alpha value is -6.32. The molecular formula is C44H27NO2. The van der Waals surface area contributed by atoms with Crippen molar-refractivity contribution in [1.82, 2.24) is 0 Å². The molecule has 0 aliphatic carbocycles. The quantitative estimate of drug-likeness (QED) is 0.201. The maximum atomic E-state index is 6.73. The summed E-state index contributed by atoms with van der Waals surface area (Å²) in [5.74, 6) is 0. The van der Waals surface area contributed by atoms with Gasteiger partial charge in [-0.3, -0.25) is 0 Å². The number of anilines is 3. The van der Waals surface area contributed by atoms with Crippen molar-refractivity contribution in [2.24, 2.45) is 0 Å². The average Bonchev–Trinajstić information content (AvgIpc) is 3.72. The molecule has 0 bridgehead atoms. The van der Waals surface area contributed by atoms with Crippen LogP contribution in [0, 0.1) is 0 Å². The van der Waals surface area contributed by atoms with Gasteiger partial charge in [-0.1, -0.05) is 109 Å². The van der Waals surface area contributed by atoms with Crippen LogP contribution >= 0.6 is 0 Å². The average molecular weight is 602 g/mol. The van der Waals surface area contributed by atoms with Gasteiger partial charge in [-0.2, -0.15) is 0 Å². The van der Waals surface area contributed by atoms with Crippen LogP contribution in [0.1, 0.15) is 0 Å². The molecule has 0 N–H and O–H groups in total. The summed E-state index contributed by atoms with van der Waals surface area (Å²) >= 11 is 0. The van der Waals surface area contributed by atoms with Crippen molar-refractivity contribution in [3.8, 4) is 11.1 Å². The number of fused-ring (bicyclic) bond motifs is 10. The first-order valence-electron chi connectivity index (χ1n) is 15.9. The molecular weight excluding hydrogens is 574 g/mol. The number of furan rings is 2. The Labute approximate surface area is 270 Å². The van der Waals surface area contributed by atoms with Crippen LogP contribution < -0.4 is 4.90 Å². The van der Waals surface area contributed by atoms with E-state index in [9.17, 15) is 0 Å². The molecule has 2 heterocycles. The number of rotatable bonds is 4. The maximum absolute atomic E-state index is 6.73. The van der Waals surface area contributed by atoms with E-state index >= 15 is 0 Å². The summed E-state index contributed by atoms with van der Waals surface area (Å²) in [5.41, 5.74) is 8.85. The Morgan fingerprint density at radius 1 is 0.362 bits per heavy atom. The molecule has 47 heavy (non-hydrogen) atoms. The van der Waals surface area contributed by atoms with Crippen molar-refractivity contribution in [2.45, 2.75) is 0 Å². The van der Waals surface area contributed by atoms with E-state index in [1.165, 1.54) is 27.3 Å². The van der Waals surface area contributed by atoms with Gasteiger partial charge in [-0.25, -0.2) is 0 Å². The third kappa shape index (κ3) is 4.00. The largest absolute Gasteiger partial charge is 0.455 e. The fourth-order valence-electron chi connectivity index (χ4n) is 7.18.